The zero-order valence-electron chi connectivity index (χ0n) is 25.0. The second-order valence-electron chi connectivity index (χ2n) is 11.6. The fourth-order valence-corrected chi connectivity index (χ4v) is 6.17. The predicted octanol–water partition coefficient (Wildman–Crippen LogP) is 5.16. The summed E-state index contributed by atoms with van der Waals surface area (Å²) in [6.07, 6.45) is 9.24. The Bertz CT molecular complexity index is 1600. The fourth-order valence-electron chi connectivity index (χ4n) is 5.99. The van der Waals surface area contributed by atoms with Crippen LogP contribution in [0.5, 0.6) is 5.75 Å². The van der Waals surface area contributed by atoms with Gasteiger partial charge >= 0.3 is 0 Å². The van der Waals surface area contributed by atoms with Crippen molar-refractivity contribution in [2.24, 2.45) is 0 Å². The Morgan fingerprint density at radius 2 is 1.89 bits per heavy atom. The van der Waals surface area contributed by atoms with E-state index in [1.807, 2.05) is 18.3 Å². The van der Waals surface area contributed by atoms with Gasteiger partial charge in [-0.1, -0.05) is 18.2 Å². The van der Waals surface area contributed by atoms with Crippen LogP contribution in [0.25, 0.3) is 16.5 Å². The molecule has 3 aliphatic rings. The number of benzene rings is 2. The largest absolute Gasteiger partial charge is 0.490 e. The number of nitrogens with one attached hydrogen (secondary N) is 3. The van der Waals surface area contributed by atoms with Crippen LogP contribution in [0.3, 0.4) is 0 Å². The summed E-state index contributed by atoms with van der Waals surface area (Å²) in [5.74, 6) is 0.504. The van der Waals surface area contributed by atoms with Crippen molar-refractivity contribution in [3.63, 3.8) is 0 Å². The molecule has 0 radical (unpaired) electrons. The average Bonchev–Trinajstić information content (AvgIpc) is 3.03. The number of ether oxygens (including phenoxy) is 2. The predicted molar refractivity (Wildman–Crippen MR) is 174 cm³/mol. The van der Waals surface area contributed by atoms with E-state index in [1.165, 1.54) is 30.8 Å². The van der Waals surface area contributed by atoms with Crippen LogP contribution >= 0.6 is 11.6 Å². The SMILES string of the molecule is C=CC(=O)N1CCC(Oc2cc3c(Nc4ccc(F)c(Cl)c4)ncnc3cc2/C(C=N)=C/NC2CCN(C3COC3)CC2)CC1. The monoisotopic (exact) mass is 633 g/mol. The van der Waals surface area contributed by atoms with Crippen LogP contribution in [-0.2, 0) is 9.53 Å². The van der Waals surface area contributed by atoms with Gasteiger partial charge < -0.3 is 30.4 Å². The minimum absolute atomic E-state index is 0.00180. The Morgan fingerprint density at radius 3 is 2.56 bits per heavy atom. The molecule has 12 heteroatoms. The third-order valence-electron chi connectivity index (χ3n) is 8.75. The van der Waals surface area contributed by atoms with Crippen molar-refractivity contribution in [1.29, 1.82) is 5.41 Å². The Kier molecular flexibility index (Phi) is 9.58. The maximum atomic E-state index is 13.8. The molecule has 0 saturated carbocycles. The average molecular weight is 634 g/mol. The zero-order valence-corrected chi connectivity index (χ0v) is 25.7. The number of halogens is 2. The molecule has 0 unspecified atom stereocenters. The number of piperidine rings is 2. The van der Waals surface area contributed by atoms with Crippen molar-refractivity contribution in [3.05, 3.63) is 71.9 Å². The molecule has 1 aromatic heterocycles. The third kappa shape index (κ3) is 7.11. The number of carbonyl (C=O) groups excluding carboxylic acids is 1. The van der Waals surface area contributed by atoms with Gasteiger partial charge in [0.05, 0.1) is 29.8 Å². The summed E-state index contributed by atoms with van der Waals surface area (Å²) in [7, 11) is 0. The summed E-state index contributed by atoms with van der Waals surface area (Å²) in [6.45, 7) is 8.42. The molecule has 0 aliphatic carbocycles. The molecule has 0 bridgehead atoms. The number of fused-ring (bicyclic) bond motifs is 1. The summed E-state index contributed by atoms with van der Waals surface area (Å²) in [4.78, 5) is 25.4. The number of likely N-dealkylation sites (tertiary alicyclic amines) is 2. The van der Waals surface area contributed by atoms with Crippen LogP contribution in [0.2, 0.25) is 5.02 Å². The van der Waals surface area contributed by atoms with Crippen LogP contribution in [0.15, 0.2) is 55.5 Å². The minimum atomic E-state index is -0.506. The van der Waals surface area contributed by atoms with Gasteiger partial charge in [0.2, 0.25) is 5.91 Å². The first-order valence-electron chi connectivity index (χ1n) is 15.3. The molecule has 45 heavy (non-hydrogen) atoms. The summed E-state index contributed by atoms with van der Waals surface area (Å²) in [6, 6.07) is 9.02. The number of hydrogen-bond acceptors (Lipinski definition) is 9. The van der Waals surface area contributed by atoms with Crippen molar-refractivity contribution in [2.45, 2.75) is 43.9 Å². The fraction of sp³-hybridized carbons (Fsp3) is 0.394. The normalized spacial score (nSPS) is 18.8. The van der Waals surface area contributed by atoms with E-state index in [1.54, 1.807) is 11.0 Å². The van der Waals surface area contributed by atoms with E-state index in [2.05, 4.69) is 32.1 Å². The number of amides is 1. The van der Waals surface area contributed by atoms with Gasteiger partial charge in [0.25, 0.3) is 0 Å². The molecule has 1 amide bonds. The lowest BCUT2D eigenvalue weighted by molar-refractivity contribution is -0.127. The first-order valence-corrected chi connectivity index (χ1v) is 15.7. The molecule has 2 aromatic carbocycles. The van der Waals surface area contributed by atoms with Gasteiger partial charge in [0.15, 0.2) is 0 Å². The summed E-state index contributed by atoms with van der Waals surface area (Å²) >= 11 is 6.02. The van der Waals surface area contributed by atoms with Gasteiger partial charge in [-0.15, -0.1) is 0 Å². The van der Waals surface area contributed by atoms with Crippen LogP contribution in [0.1, 0.15) is 31.2 Å². The summed E-state index contributed by atoms with van der Waals surface area (Å²) < 4.78 is 25.8. The Hall–Kier alpha value is -4.06. The maximum Gasteiger partial charge on any atom is 0.245 e. The van der Waals surface area contributed by atoms with Gasteiger partial charge in [0.1, 0.15) is 29.8 Å². The van der Waals surface area contributed by atoms with E-state index in [9.17, 15) is 9.18 Å². The number of nitrogens with zero attached hydrogens (tertiary/aromatic N) is 4. The molecule has 0 spiro atoms. The standard InChI is InChI=1S/C33H37ClFN7O3/c1-2-32(43)42-11-7-25(8-12-42)45-31-15-27-30(38-20-39-33(27)40-23-3-4-29(35)28(34)13-23)14-26(31)21(16-36)17-37-22-5-9-41(10-6-22)24-18-44-19-24/h2-4,13-17,20,22,24-25,36-37H,1,5-12,18-19H2,(H,38,39,40)/b21-17+,36-16?. The second kappa shape index (κ2) is 13.9. The van der Waals surface area contributed by atoms with Gasteiger partial charge in [-0.3, -0.25) is 9.69 Å². The lowest BCUT2D eigenvalue weighted by Crippen LogP contribution is -2.53. The maximum absolute atomic E-state index is 13.8. The molecular formula is C33H37ClFN7O3. The summed E-state index contributed by atoms with van der Waals surface area (Å²) in [5, 5.41) is 15.8. The molecule has 236 valence electrons. The topological polar surface area (TPSA) is 116 Å². The van der Waals surface area contributed by atoms with Gasteiger partial charge in [0, 0.05) is 79.7 Å². The molecule has 0 atom stereocenters. The molecule has 6 rings (SSSR count). The van der Waals surface area contributed by atoms with Crippen LogP contribution < -0.4 is 15.4 Å². The summed E-state index contributed by atoms with van der Waals surface area (Å²) in [5.41, 5.74) is 2.62. The quantitative estimate of drug-likeness (QED) is 0.207. The van der Waals surface area contributed by atoms with Crippen molar-refractivity contribution < 1.29 is 18.7 Å². The molecule has 4 heterocycles. The highest BCUT2D eigenvalue weighted by atomic mass is 35.5. The Balaban J connectivity index is 1.28. The third-order valence-corrected chi connectivity index (χ3v) is 9.04. The second-order valence-corrected chi connectivity index (χ2v) is 12.0. The van der Waals surface area contributed by atoms with Crippen LogP contribution in [0.4, 0.5) is 15.9 Å². The van der Waals surface area contributed by atoms with E-state index in [-0.39, 0.29) is 17.0 Å². The number of aromatic nitrogens is 2. The van der Waals surface area contributed by atoms with Crippen LogP contribution in [-0.4, -0.2) is 89.5 Å². The van der Waals surface area contributed by atoms with Crippen molar-refractivity contribution in [3.8, 4) is 5.75 Å². The first kappa shape index (κ1) is 30.9. The number of hydrogen-bond donors (Lipinski definition) is 3. The lowest BCUT2D eigenvalue weighted by Gasteiger charge is -2.41. The van der Waals surface area contributed by atoms with E-state index in [0.29, 0.717) is 71.7 Å². The highest BCUT2D eigenvalue weighted by molar-refractivity contribution is 6.31. The smallest absolute Gasteiger partial charge is 0.245 e. The van der Waals surface area contributed by atoms with Crippen molar-refractivity contribution in [1.82, 2.24) is 25.1 Å². The molecule has 3 aromatic rings. The zero-order chi connectivity index (χ0) is 31.3. The van der Waals surface area contributed by atoms with Crippen LogP contribution in [0, 0.1) is 11.2 Å². The van der Waals surface area contributed by atoms with Gasteiger partial charge in [-0.25, -0.2) is 14.4 Å². The van der Waals surface area contributed by atoms with Gasteiger partial charge in [-0.05, 0) is 49.2 Å². The van der Waals surface area contributed by atoms with Crippen molar-refractivity contribution in [2.75, 3.05) is 44.7 Å². The number of anilines is 2. The van der Waals surface area contributed by atoms with E-state index >= 15 is 0 Å². The molecule has 3 aliphatic heterocycles. The molecule has 3 N–H and O–H groups in total. The van der Waals surface area contributed by atoms with Crippen molar-refractivity contribution >= 4 is 51.7 Å². The van der Waals surface area contributed by atoms with E-state index in [4.69, 9.17) is 26.5 Å². The molecule has 3 saturated heterocycles. The molecule has 3 fully saturated rings. The van der Waals surface area contributed by atoms with E-state index < -0.39 is 5.82 Å². The molecular weight excluding hydrogens is 597 g/mol. The number of carbonyl (C=O) groups is 1. The highest BCUT2D eigenvalue weighted by Gasteiger charge is 2.29. The number of allylic oxidation sites excluding steroid dienone is 1. The Labute approximate surface area is 266 Å². The Morgan fingerprint density at radius 1 is 1.11 bits per heavy atom. The minimum Gasteiger partial charge on any atom is -0.490 e. The number of rotatable bonds is 10. The lowest BCUT2D eigenvalue weighted by atomic mass is 10.0. The van der Waals surface area contributed by atoms with E-state index in [0.717, 1.165) is 44.7 Å². The highest BCUT2D eigenvalue weighted by Crippen LogP contribution is 2.35. The first-order chi connectivity index (χ1) is 21.9. The van der Waals surface area contributed by atoms with Gasteiger partial charge in [-0.2, -0.15) is 0 Å². The molecule has 10 nitrogen and oxygen atoms in total.